The normalized spacial score (nSPS) is 24.3. The van der Waals surface area contributed by atoms with Crippen LogP contribution < -0.4 is 14.8 Å². The highest BCUT2D eigenvalue weighted by Crippen LogP contribution is 2.38. The SMILES string of the molecule is CCCNC1CCC(Oc2ccc3c(c2)CCC(c2ccccc2C)O3)CC1. The van der Waals surface area contributed by atoms with Crippen molar-refractivity contribution < 1.29 is 9.47 Å². The van der Waals surface area contributed by atoms with Gasteiger partial charge in [0.1, 0.15) is 17.6 Å². The molecule has 0 bridgehead atoms. The number of nitrogens with one attached hydrogen (secondary N) is 1. The Morgan fingerprint density at radius 2 is 1.86 bits per heavy atom. The molecule has 150 valence electrons. The molecule has 1 atom stereocenters. The topological polar surface area (TPSA) is 30.5 Å². The predicted molar refractivity (Wildman–Crippen MR) is 114 cm³/mol. The van der Waals surface area contributed by atoms with Crippen LogP contribution in [0.1, 0.15) is 68.2 Å². The summed E-state index contributed by atoms with van der Waals surface area (Å²) in [6.07, 6.45) is 8.50. The van der Waals surface area contributed by atoms with Gasteiger partial charge < -0.3 is 14.8 Å². The van der Waals surface area contributed by atoms with E-state index in [0.717, 1.165) is 43.7 Å². The van der Waals surface area contributed by atoms with Gasteiger partial charge in [-0.25, -0.2) is 0 Å². The number of hydrogen-bond donors (Lipinski definition) is 1. The fourth-order valence-electron chi connectivity index (χ4n) is 4.53. The van der Waals surface area contributed by atoms with E-state index in [-0.39, 0.29) is 6.10 Å². The highest BCUT2D eigenvalue weighted by atomic mass is 16.5. The summed E-state index contributed by atoms with van der Waals surface area (Å²) in [5, 5.41) is 3.65. The fraction of sp³-hybridized carbons (Fsp3) is 0.520. The third-order valence-corrected chi connectivity index (χ3v) is 6.17. The molecular formula is C25H33NO2. The van der Waals surface area contributed by atoms with Gasteiger partial charge in [0.15, 0.2) is 0 Å². The number of ether oxygens (including phenoxy) is 2. The standard InChI is InChI=1S/C25H33NO2/c1-3-16-26-20-9-11-21(12-10-20)27-22-13-15-24-19(17-22)8-14-25(28-24)23-7-5-4-6-18(23)2/h4-7,13,15,17,20-21,25-26H,3,8-12,14,16H2,1-2H3. The summed E-state index contributed by atoms with van der Waals surface area (Å²) in [5.74, 6) is 2.01. The highest BCUT2D eigenvalue weighted by molar-refractivity contribution is 5.43. The zero-order valence-corrected chi connectivity index (χ0v) is 17.2. The zero-order chi connectivity index (χ0) is 19.3. The summed E-state index contributed by atoms with van der Waals surface area (Å²) >= 11 is 0. The van der Waals surface area contributed by atoms with E-state index < -0.39 is 0 Å². The Kier molecular flexibility index (Phi) is 6.21. The maximum Gasteiger partial charge on any atom is 0.124 e. The van der Waals surface area contributed by atoms with Crippen LogP contribution in [-0.4, -0.2) is 18.7 Å². The van der Waals surface area contributed by atoms with Crippen molar-refractivity contribution in [1.82, 2.24) is 5.32 Å². The molecule has 1 saturated carbocycles. The maximum atomic E-state index is 6.33. The summed E-state index contributed by atoms with van der Waals surface area (Å²) in [4.78, 5) is 0. The highest BCUT2D eigenvalue weighted by Gasteiger charge is 2.25. The van der Waals surface area contributed by atoms with Crippen LogP contribution >= 0.6 is 0 Å². The van der Waals surface area contributed by atoms with Crippen LogP contribution in [0.2, 0.25) is 0 Å². The van der Waals surface area contributed by atoms with Crippen molar-refractivity contribution in [2.45, 2.75) is 77.0 Å². The molecular weight excluding hydrogens is 346 g/mol. The second-order valence-electron chi connectivity index (χ2n) is 8.32. The lowest BCUT2D eigenvalue weighted by Gasteiger charge is -2.31. The van der Waals surface area contributed by atoms with E-state index in [0.29, 0.717) is 12.1 Å². The first-order chi connectivity index (χ1) is 13.7. The molecule has 3 nitrogen and oxygen atoms in total. The lowest BCUT2D eigenvalue weighted by Crippen LogP contribution is -2.36. The molecule has 3 heteroatoms. The van der Waals surface area contributed by atoms with Crippen molar-refractivity contribution >= 4 is 0 Å². The van der Waals surface area contributed by atoms with Crippen molar-refractivity contribution in [3.8, 4) is 11.5 Å². The molecule has 4 rings (SSSR count). The Labute approximate surface area is 169 Å². The van der Waals surface area contributed by atoms with Gasteiger partial charge in [-0.3, -0.25) is 0 Å². The largest absolute Gasteiger partial charge is 0.490 e. The zero-order valence-electron chi connectivity index (χ0n) is 17.2. The molecule has 1 fully saturated rings. The molecule has 1 aliphatic carbocycles. The Balaban J connectivity index is 1.35. The maximum absolute atomic E-state index is 6.33. The van der Waals surface area contributed by atoms with Gasteiger partial charge in [0.05, 0.1) is 6.10 Å². The molecule has 1 aliphatic heterocycles. The van der Waals surface area contributed by atoms with Crippen LogP contribution in [0, 0.1) is 6.92 Å². The summed E-state index contributed by atoms with van der Waals surface area (Å²) < 4.78 is 12.7. The second kappa shape index (κ2) is 9.00. The molecule has 2 aromatic rings. The lowest BCUT2D eigenvalue weighted by atomic mass is 9.92. The monoisotopic (exact) mass is 379 g/mol. The molecule has 2 aromatic carbocycles. The van der Waals surface area contributed by atoms with Gasteiger partial charge in [0.25, 0.3) is 0 Å². The Bertz CT molecular complexity index is 780. The van der Waals surface area contributed by atoms with Crippen molar-refractivity contribution in [3.63, 3.8) is 0 Å². The van der Waals surface area contributed by atoms with E-state index in [2.05, 4.69) is 61.6 Å². The van der Waals surface area contributed by atoms with Crippen LogP contribution in [0.25, 0.3) is 0 Å². The van der Waals surface area contributed by atoms with E-state index in [1.54, 1.807) is 0 Å². The molecule has 28 heavy (non-hydrogen) atoms. The minimum Gasteiger partial charge on any atom is -0.490 e. The molecule has 0 aromatic heterocycles. The van der Waals surface area contributed by atoms with Gasteiger partial charge in [-0.2, -0.15) is 0 Å². The van der Waals surface area contributed by atoms with Gasteiger partial charge in [-0.15, -0.1) is 0 Å². The van der Waals surface area contributed by atoms with E-state index in [1.165, 1.54) is 36.0 Å². The number of fused-ring (bicyclic) bond motifs is 1. The Morgan fingerprint density at radius 3 is 2.64 bits per heavy atom. The summed E-state index contributed by atoms with van der Waals surface area (Å²) in [6, 6.07) is 15.6. The van der Waals surface area contributed by atoms with Crippen molar-refractivity contribution in [2.75, 3.05) is 6.54 Å². The van der Waals surface area contributed by atoms with Gasteiger partial charge in [-0.1, -0.05) is 31.2 Å². The number of aryl methyl sites for hydroxylation is 2. The van der Waals surface area contributed by atoms with Crippen LogP contribution in [-0.2, 0) is 6.42 Å². The fourth-order valence-corrected chi connectivity index (χ4v) is 4.53. The predicted octanol–water partition coefficient (Wildman–Crippen LogP) is 5.75. The number of rotatable bonds is 6. The van der Waals surface area contributed by atoms with E-state index in [1.807, 2.05) is 0 Å². The average Bonchev–Trinajstić information content (AvgIpc) is 2.73. The van der Waals surface area contributed by atoms with Crippen LogP contribution in [0.3, 0.4) is 0 Å². The van der Waals surface area contributed by atoms with Crippen molar-refractivity contribution in [2.24, 2.45) is 0 Å². The summed E-state index contributed by atoms with van der Waals surface area (Å²) in [7, 11) is 0. The molecule has 0 amide bonds. The minimum absolute atomic E-state index is 0.159. The first-order valence-electron chi connectivity index (χ1n) is 11.0. The van der Waals surface area contributed by atoms with E-state index in [4.69, 9.17) is 9.47 Å². The molecule has 2 aliphatic rings. The minimum atomic E-state index is 0.159. The van der Waals surface area contributed by atoms with Crippen LogP contribution in [0.15, 0.2) is 42.5 Å². The smallest absolute Gasteiger partial charge is 0.124 e. The second-order valence-corrected chi connectivity index (χ2v) is 8.32. The van der Waals surface area contributed by atoms with Gasteiger partial charge in [-0.05, 0) is 93.3 Å². The molecule has 0 radical (unpaired) electrons. The molecule has 0 spiro atoms. The first-order valence-corrected chi connectivity index (χ1v) is 11.0. The van der Waals surface area contributed by atoms with Gasteiger partial charge in [0.2, 0.25) is 0 Å². The van der Waals surface area contributed by atoms with Gasteiger partial charge in [0, 0.05) is 6.04 Å². The third kappa shape index (κ3) is 4.52. The third-order valence-electron chi connectivity index (χ3n) is 6.17. The van der Waals surface area contributed by atoms with Crippen molar-refractivity contribution in [1.29, 1.82) is 0 Å². The Hall–Kier alpha value is -2.00. The molecule has 1 unspecified atom stereocenters. The van der Waals surface area contributed by atoms with Crippen LogP contribution in [0.5, 0.6) is 11.5 Å². The van der Waals surface area contributed by atoms with E-state index in [9.17, 15) is 0 Å². The summed E-state index contributed by atoms with van der Waals surface area (Å²) in [5.41, 5.74) is 3.89. The molecule has 1 N–H and O–H groups in total. The van der Waals surface area contributed by atoms with Gasteiger partial charge >= 0.3 is 0 Å². The molecule has 0 saturated heterocycles. The van der Waals surface area contributed by atoms with Crippen molar-refractivity contribution in [3.05, 3.63) is 59.2 Å². The number of benzene rings is 2. The lowest BCUT2D eigenvalue weighted by molar-refractivity contribution is 0.138. The first kappa shape index (κ1) is 19.3. The Morgan fingerprint density at radius 1 is 1.04 bits per heavy atom. The van der Waals surface area contributed by atoms with E-state index >= 15 is 0 Å². The quantitative estimate of drug-likeness (QED) is 0.693. The molecule has 1 heterocycles. The number of hydrogen-bond acceptors (Lipinski definition) is 3. The average molecular weight is 380 g/mol. The van der Waals surface area contributed by atoms with Crippen LogP contribution in [0.4, 0.5) is 0 Å². The summed E-state index contributed by atoms with van der Waals surface area (Å²) in [6.45, 7) is 5.52.